The van der Waals surface area contributed by atoms with E-state index in [4.69, 9.17) is 0 Å². The van der Waals surface area contributed by atoms with E-state index in [0.717, 1.165) is 32.1 Å². The van der Waals surface area contributed by atoms with Gasteiger partial charge in [0.05, 0.1) is 0 Å². The lowest BCUT2D eigenvalue weighted by atomic mass is 10.1. The zero-order chi connectivity index (χ0) is 19.0. The van der Waals surface area contributed by atoms with Crippen molar-refractivity contribution in [2.45, 2.75) is 116 Å². The van der Waals surface area contributed by atoms with Gasteiger partial charge in [-0.3, -0.25) is 4.79 Å². The molecular weight excluding hydrogens is 316 g/mol. The summed E-state index contributed by atoms with van der Waals surface area (Å²) in [4.78, 5) is 10.1. The summed E-state index contributed by atoms with van der Waals surface area (Å²) in [6.45, 7) is 2.26. The molecule has 1 radical (unpaired) electrons. The average Bonchev–Trinajstić information content (AvgIpc) is 2.66. The van der Waals surface area contributed by atoms with Crippen molar-refractivity contribution in [3.8, 4) is 35.5 Å². The second kappa shape index (κ2) is 23.4. The van der Waals surface area contributed by atoms with E-state index in [1.54, 1.807) is 0 Å². The summed E-state index contributed by atoms with van der Waals surface area (Å²) in [5.74, 6) is 17.6. The normalized spacial score (nSPS) is 9.27. The molecule has 0 aliphatic heterocycles. The minimum atomic E-state index is 0.589. The molecule has 0 bridgehead atoms. The summed E-state index contributed by atoms with van der Waals surface area (Å²) >= 11 is 0. The first kappa shape index (κ1) is 24.4. The summed E-state index contributed by atoms with van der Waals surface area (Å²) in [6.07, 6.45) is 22.0. The lowest BCUT2D eigenvalue weighted by Crippen LogP contribution is -1.80. The van der Waals surface area contributed by atoms with Crippen LogP contribution >= 0.6 is 0 Å². The van der Waals surface area contributed by atoms with Crippen molar-refractivity contribution in [1.82, 2.24) is 0 Å². The maximum atomic E-state index is 10.1. The molecule has 26 heavy (non-hydrogen) atoms. The molecule has 0 spiro atoms. The van der Waals surface area contributed by atoms with Crippen molar-refractivity contribution < 1.29 is 4.79 Å². The molecule has 0 aromatic heterocycles. The van der Waals surface area contributed by atoms with Crippen LogP contribution in [0.5, 0.6) is 0 Å². The third-order valence-electron chi connectivity index (χ3n) is 4.35. The van der Waals surface area contributed by atoms with Crippen LogP contribution in [0.2, 0.25) is 0 Å². The second-order valence-corrected chi connectivity index (χ2v) is 6.84. The number of rotatable bonds is 16. The largest absolute Gasteiger partial charge is 0.291 e. The van der Waals surface area contributed by atoms with Crippen LogP contribution in [-0.2, 0) is 4.79 Å². The third-order valence-corrected chi connectivity index (χ3v) is 4.35. The van der Waals surface area contributed by atoms with Crippen LogP contribution in [0.1, 0.15) is 116 Å². The van der Waals surface area contributed by atoms with Gasteiger partial charge in [-0.1, -0.05) is 89.4 Å². The minimum Gasteiger partial charge on any atom is -0.291 e. The Morgan fingerprint density at radius 3 is 1.27 bits per heavy atom. The predicted octanol–water partition coefficient (Wildman–Crippen LogP) is 6.76. The van der Waals surface area contributed by atoms with Crippen molar-refractivity contribution in [3.63, 3.8) is 0 Å². The monoisotopic (exact) mass is 353 g/mol. The van der Waals surface area contributed by atoms with Crippen molar-refractivity contribution in [2.75, 3.05) is 0 Å². The molecule has 0 aliphatic rings. The van der Waals surface area contributed by atoms with Gasteiger partial charge in [0.15, 0.2) is 6.29 Å². The quantitative estimate of drug-likeness (QED) is 0.221. The number of hydrogen-bond acceptors (Lipinski definition) is 1. The zero-order valence-electron chi connectivity index (χ0n) is 16.9. The van der Waals surface area contributed by atoms with Crippen molar-refractivity contribution in [2.24, 2.45) is 0 Å². The first-order chi connectivity index (χ1) is 12.9. The Hall–Kier alpha value is -1.65. The molecule has 1 heteroatoms. The van der Waals surface area contributed by atoms with Crippen LogP contribution in [0.3, 0.4) is 0 Å². The molecule has 0 aromatic carbocycles. The van der Waals surface area contributed by atoms with Gasteiger partial charge >= 0.3 is 0 Å². The molecule has 0 unspecified atom stereocenters. The predicted molar refractivity (Wildman–Crippen MR) is 113 cm³/mol. The molecular formula is C25H37O. The standard InChI is InChI=1S/C25H37O/c1-2-3-4-5-6-7-8-9-10-11-12-13-14-15-16-17-18-19-20-21-22-23-24-25-26/h2-10,17-24H2,1H3. The zero-order valence-corrected chi connectivity index (χ0v) is 16.9. The van der Waals surface area contributed by atoms with E-state index in [9.17, 15) is 4.79 Å². The van der Waals surface area contributed by atoms with E-state index in [1.165, 1.54) is 70.6 Å². The van der Waals surface area contributed by atoms with E-state index in [2.05, 4.69) is 42.4 Å². The minimum absolute atomic E-state index is 0.589. The Morgan fingerprint density at radius 2 is 0.846 bits per heavy atom. The fourth-order valence-corrected chi connectivity index (χ4v) is 2.74. The lowest BCUT2D eigenvalue weighted by Gasteiger charge is -1.98. The van der Waals surface area contributed by atoms with Crippen LogP contribution in [0.25, 0.3) is 0 Å². The van der Waals surface area contributed by atoms with Gasteiger partial charge in [0.25, 0.3) is 0 Å². The van der Waals surface area contributed by atoms with Crippen LogP contribution in [0.15, 0.2) is 0 Å². The Balaban J connectivity index is 3.38. The highest BCUT2D eigenvalue weighted by Crippen LogP contribution is 2.09. The van der Waals surface area contributed by atoms with Crippen LogP contribution in [0, 0.1) is 35.5 Å². The fraction of sp³-hybridized carbons (Fsp3) is 0.720. The molecule has 0 amide bonds. The van der Waals surface area contributed by atoms with E-state index < -0.39 is 0 Å². The highest BCUT2D eigenvalue weighted by atomic mass is 16.1. The van der Waals surface area contributed by atoms with Gasteiger partial charge in [-0.15, -0.1) is 0 Å². The van der Waals surface area contributed by atoms with Crippen molar-refractivity contribution in [3.05, 3.63) is 0 Å². The van der Waals surface area contributed by atoms with Gasteiger partial charge < -0.3 is 0 Å². The fourth-order valence-electron chi connectivity index (χ4n) is 2.74. The molecule has 0 atom stereocenters. The Morgan fingerprint density at radius 1 is 0.462 bits per heavy atom. The van der Waals surface area contributed by atoms with E-state index in [1.807, 2.05) is 6.29 Å². The highest BCUT2D eigenvalue weighted by molar-refractivity contribution is 5.50. The average molecular weight is 354 g/mol. The topological polar surface area (TPSA) is 17.1 Å². The SMILES string of the molecule is CCCCCCCCCCC#CC#CC#CCCCCCCCC[C]=O. The van der Waals surface area contributed by atoms with Crippen LogP contribution in [0.4, 0.5) is 0 Å². The van der Waals surface area contributed by atoms with Gasteiger partial charge in [0.1, 0.15) is 0 Å². The van der Waals surface area contributed by atoms with Gasteiger partial charge in [-0.2, -0.15) is 0 Å². The molecule has 0 aliphatic carbocycles. The van der Waals surface area contributed by atoms with Crippen molar-refractivity contribution in [1.29, 1.82) is 0 Å². The van der Waals surface area contributed by atoms with Gasteiger partial charge in [-0.25, -0.2) is 0 Å². The summed E-state index contributed by atoms with van der Waals surface area (Å²) in [5.41, 5.74) is 0. The first-order valence-electron chi connectivity index (χ1n) is 10.7. The van der Waals surface area contributed by atoms with Gasteiger partial charge in [-0.05, 0) is 42.9 Å². The van der Waals surface area contributed by atoms with Crippen molar-refractivity contribution >= 4 is 6.29 Å². The van der Waals surface area contributed by atoms with Crippen LogP contribution < -0.4 is 0 Å². The van der Waals surface area contributed by atoms with Crippen LogP contribution in [-0.4, -0.2) is 6.29 Å². The summed E-state index contributed by atoms with van der Waals surface area (Å²) in [7, 11) is 0. The molecule has 0 N–H and O–H groups in total. The maximum absolute atomic E-state index is 10.1. The summed E-state index contributed by atoms with van der Waals surface area (Å²) in [6, 6.07) is 0. The Kier molecular flexibility index (Phi) is 21.9. The maximum Gasteiger partial charge on any atom is 0.198 e. The number of hydrogen-bond donors (Lipinski definition) is 0. The number of unbranched alkanes of at least 4 members (excludes halogenated alkanes) is 15. The Labute approximate surface area is 163 Å². The molecule has 0 aromatic rings. The molecule has 0 rings (SSSR count). The molecule has 143 valence electrons. The molecule has 0 saturated heterocycles. The van der Waals surface area contributed by atoms with E-state index >= 15 is 0 Å². The van der Waals surface area contributed by atoms with E-state index in [0.29, 0.717) is 6.42 Å². The molecule has 0 heterocycles. The van der Waals surface area contributed by atoms with Gasteiger partial charge in [0.2, 0.25) is 0 Å². The highest BCUT2D eigenvalue weighted by Gasteiger charge is 1.91. The molecule has 1 nitrogen and oxygen atoms in total. The summed E-state index contributed by atoms with van der Waals surface area (Å²) < 4.78 is 0. The lowest BCUT2D eigenvalue weighted by molar-refractivity contribution is 0.541. The van der Waals surface area contributed by atoms with Gasteiger partial charge in [0, 0.05) is 19.3 Å². The molecule has 0 saturated carbocycles. The second-order valence-electron chi connectivity index (χ2n) is 6.84. The smallest absolute Gasteiger partial charge is 0.198 e. The first-order valence-corrected chi connectivity index (χ1v) is 10.7. The van der Waals surface area contributed by atoms with E-state index in [-0.39, 0.29) is 0 Å². The Bertz CT molecular complexity index is 483. The third kappa shape index (κ3) is 22.4. The number of carbonyl (C=O) groups excluding carboxylic acids is 1. The summed E-state index contributed by atoms with van der Waals surface area (Å²) in [5, 5.41) is 0. The molecule has 0 fully saturated rings.